The molecule has 1 aromatic carbocycles. The molecule has 0 bridgehead atoms. The first-order valence-corrected chi connectivity index (χ1v) is 8.36. The van der Waals surface area contributed by atoms with Gasteiger partial charge in [-0.25, -0.2) is 22.5 Å². The van der Waals surface area contributed by atoms with E-state index < -0.39 is 10.0 Å². The minimum atomic E-state index is -3.17. The van der Waals surface area contributed by atoms with Crippen LogP contribution in [0.3, 0.4) is 0 Å². The van der Waals surface area contributed by atoms with E-state index in [4.69, 9.17) is 0 Å². The number of nitrogens with one attached hydrogen (secondary N) is 1. The number of hydrogen-bond donors (Lipinski definition) is 1. The van der Waals surface area contributed by atoms with Crippen LogP contribution in [0.4, 0.5) is 4.39 Å². The lowest BCUT2D eigenvalue weighted by molar-refractivity contribution is 0.587. The van der Waals surface area contributed by atoms with Crippen molar-refractivity contribution in [3.8, 4) is 10.6 Å². The van der Waals surface area contributed by atoms with Gasteiger partial charge in [0.25, 0.3) is 0 Å². The molecule has 0 fully saturated rings. The standard InChI is InChI=1S/C12H13FN2O2S2/c1-19(16,17)14-6-5-11-8-18-12(15-11)9-3-2-4-10(13)7-9/h2-4,7-8,14H,5-6H2,1H3. The molecule has 1 aromatic heterocycles. The maximum Gasteiger partial charge on any atom is 0.208 e. The molecule has 0 saturated heterocycles. The number of halogens is 1. The summed E-state index contributed by atoms with van der Waals surface area (Å²) in [6, 6.07) is 6.24. The normalized spacial score (nSPS) is 11.7. The third kappa shape index (κ3) is 4.38. The van der Waals surface area contributed by atoms with E-state index in [2.05, 4.69) is 9.71 Å². The van der Waals surface area contributed by atoms with Gasteiger partial charge in [0, 0.05) is 23.9 Å². The van der Waals surface area contributed by atoms with E-state index in [9.17, 15) is 12.8 Å². The molecule has 19 heavy (non-hydrogen) atoms. The summed E-state index contributed by atoms with van der Waals surface area (Å²) in [7, 11) is -3.17. The van der Waals surface area contributed by atoms with Crippen LogP contribution < -0.4 is 4.72 Å². The Morgan fingerprint density at radius 3 is 2.89 bits per heavy atom. The first kappa shape index (κ1) is 14.1. The lowest BCUT2D eigenvalue weighted by atomic mass is 10.2. The van der Waals surface area contributed by atoms with E-state index in [0.29, 0.717) is 13.0 Å². The quantitative estimate of drug-likeness (QED) is 0.919. The summed E-state index contributed by atoms with van der Waals surface area (Å²) >= 11 is 1.41. The number of sulfonamides is 1. The van der Waals surface area contributed by atoms with E-state index >= 15 is 0 Å². The predicted octanol–water partition coefficient (Wildman–Crippen LogP) is 2.04. The van der Waals surface area contributed by atoms with Crippen LogP contribution in [0.25, 0.3) is 10.6 Å². The van der Waals surface area contributed by atoms with Crippen LogP contribution in [0.2, 0.25) is 0 Å². The summed E-state index contributed by atoms with van der Waals surface area (Å²) in [5, 5.41) is 2.58. The van der Waals surface area contributed by atoms with Crippen LogP contribution in [0.15, 0.2) is 29.6 Å². The zero-order valence-electron chi connectivity index (χ0n) is 10.3. The Morgan fingerprint density at radius 1 is 1.42 bits per heavy atom. The molecule has 0 radical (unpaired) electrons. The van der Waals surface area contributed by atoms with E-state index in [1.807, 2.05) is 5.38 Å². The molecule has 0 atom stereocenters. The van der Waals surface area contributed by atoms with Gasteiger partial charge in [0.05, 0.1) is 11.9 Å². The fourth-order valence-corrected chi connectivity index (χ4v) is 2.86. The summed E-state index contributed by atoms with van der Waals surface area (Å²) in [6.07, 6.45) is 1.63. The molecule has 1 heterocycles. The van der Waals surface area contributed by atoms with Crippen molar-refractivity contribution in [1.29, 1.82) is 0 Å². The Balaban J connectivity index is 2.03. The van der Waals surface area contributed by atoms with Gasteiger partial charge in [0.1, 0.15) is 10.8 Å². The predicted molar refractivity (Wildman–Crippen MR) is 74.1 cm³/mol. The SMILES string of the molecule is CS(=O)(=O)NCCc1csc(-c2cccc(F)c2)n1. The Labute approximate surface area is 115 Å². The van der Waals surface area contributed by atoms with Crippen molar-refractivity contribution in [2.75, 3.05) is 12.8 Å². The average molecular weight is 300 g/mol. The molecule has 1 N–H and O–H groups in total. The molecule has 0 unspecified atom stereocenters. The second-order valence-corrected chi connectivity index (χ2v) is 6.76. The molecule has 0 saturated carbocycles. The zero-order valence-corrected chi connectivity index (χ0v) is 11.9. The van der Waals surface area contributed by atoms with Gasteiger partial charge in [-0.15, -0.1) is 11.3 Å². The molecule has 0 aliphatic rings. The van der Waals surface area contributed by atoms with Gasteiger partial charge in [-0.05, 0) is 12.1 Å². The number of nitrogens with zero attached hydrogens (tertiary/aromatic N) is 1. The molecule has 7 heteroatoms. The van der Waals surface area contributed by atoms with Crippen molar-refractivity contribution in [3.05, 3.63) is 41.2 Å². The first-order valence-electron chi connectivity index (χ1n) is 5.59. The van der Waals surface area contributed by atoms with E-state index in [1.54, 1.807) is 12.1 Å². The Morgan fingerprint density at radius 2 is 2.21 bits per heavy atom. The first-order chi connectivity index (χ1) is 8.94. The highest BCUT2D eigenvalue weighted by Gasteiger charge is 2.06. The van der Waals surface area contributed by atoms with Crippen LogP contribution in [0, 0.1) is 5.82 Å². The van der Waals surface area contributed by atoms with Crippen molar-refractivity contribution >= 4 is 21.4 Å². The topological polar surface area (TPSA) is 59.1 Å². The van der Waals surface area contributed by atoms with Crippen LogP contribution >= 0.6 is 11.3 Å². The third-order valence-electron chi connectivity index (χ3n) is 2.37. The molecule has 0 aliphatic carbocycles. The largest absolute Gasteiger partial charge is 0.241 e. The summed E-state index contributed by atoms with van der Waals surface area (Å²) < 4.78 is 37.3. The third-order valence-corrected chi connectivity index (χ3v) is 4.04. The molecular weight excluding hydrogens is 287 g/mol. The summed E-state index contributed by atoms with van der Waals surface area (Å²) in [5.41, 5.74) is 1.52. The van der Waals surface area contributed by atoms with Crippen LogP contribution in [0.5, 0.6) is 0 Å². The van der Waals surface area contributed by atoms with Crippen molar-refractivity contribution < 1.29 is 12.8 Å². The minimum Gasteiger partial charge on any atom is -0.241 e. The van der Waals surface area contributed by atoms with Crippen LogP contribution in [-0.4, -0.2) is 26.2 Å². The highest BCUT2D eigenvalue weighted by atomic mass is 32.2. The van der Waals surface area contributed by atoms with Gasteiger partial charge in [0.2, 0.25) is 10.0 Å². The van der Waals surface area contributed by atoms with Gasteiger partial charge in [-0.1, -0.05) is 12.1 Å². The van der Waals surface area contributed by atoms with Crippen molar-refractivity contribution in [2.24, 2.45) is 0 Å². The molecule has 4 nitrogen and oxygen atoms in total. The molecule has 0 aliphatic heterocycles. The number of hydrogen-bond acceptors (Lipinski definition) is 4. The molecule has 102 valence electrons. The summed E-state index contributed by atoms with van der Waals surface area (Å²) in [4.78, 5) is 4.36. The number of thiazole rings is 1. The van der Waals surface area contributed by atoms with E-state index in [1.165, 1.54) is 23.5 Å². The van der Waals surface area contributed by atoms with E-state index in [-0.39, 0.29) is 5.82 Å². The zero-order chi connectivity index (χ0) is 13.9. The van der Waals surface area contributed by atoms with Crippen LogP contribution in [0.1, 0.15) is 5.69 Å². The number of rotatable bonds is 5. The number of aromatic nitrogens is 1. The second-order valence-electron chi connectivity index (χ2n) is 4.07. The smallest absolute Gasteiger partial charge is 0.208 e. The Kier molecular flexibility index (Phi) is 4.28. The molecule has 2 aromatic rings. The van der Waals surface area contributed by atoms with Crippen molar-refractivity contribution in [3.63, 3.8) is 0 Å². The van der Waals surface area contributed by atoms with Gasteiger partial charge in [-0.2, -0.15) is 0 Å². The molecule has 2 rings (SSSR count). The van der Waals surface area contributed by atoms with Gasteiger partial charge >= 0.3 is 0 Å². The molecule has 0 amide bonds. The monoisotopic (exact) mass is 300 g/mol. The summed E-state index contributed by atoms with van der Waals surface area (Å²) in [5.74, 6) is -0.298. The average Bonchev–Trinajstić information content (AvgIpc) is 2.76. The van der Waals surface area contributed by atoms with Gasteiger partial charge in [-0.3, -0.25) is 0 Å². The Bertz CT molecular complexity index is 668. The van der Waals surface area contributed by atoms with Crippen LogP contribution in [-0.2, 0) is 16.4 Å². The van der Waals surface area contributed by atoms with Gasteiger partial charge in [0.15, 0.2) is 0 Å². The second kappa shape index (κ2) is 5.77. The van der Waals surface area contributed by atoms with Gasteiger partial charge < -0.3 is 0 Å². The number of benzene rings is 1. The fraction of sp³-hybridized carbons (Fsp3) is 0.250. The molecular formula is C12H13FN2O2S2. The van der Waals surface area contributed by atoms with Crippen molar-refractivity contribution in [1.82, 2.24) is 9.71 Å². The lowest BCUT2D eigenvalue weighted by Gasteiger charge is -1.99. The lowest BCUT2D eigenvalue weighted by Crippen LogP contribution is -2.24. The maximum absolute atomic E-state index is 13.1. The van der Waals surface area contributed by atoms with E-state index in [0.717, 1.165) is 22.5 Å². The van der Waals surface area contributed by atoms with Crippen molar-refractivity contribution in [2.45, 2.75) is 6.42 Å². The Hall–Kier alpha value is -1.31. The minimum absolute atomic E-state index is 0.298. The molecule has 0 spiro atoms. The summed E-state index contributed by atoms with van der Waals surface area (Å²) in [6.45, 7) is 0.311. The highest BCUT2D eigenvalue weighted by Crippen LogP contribution is 2.24. The highest BCUT2D eigenvalue weighted by molar-refractivity contribution is 7.88. The maximum atomic E-state index is 13.1. The fourth-order valence-electron chi connectivity index (χ4n) is 1.54.